The molecule has 0 atom stereocenters. The molecule has 128 valence electrons. The van der Waals surface area contributed by atoms with Gasteiger partial charge in [-0.25, -0.2) is 0 Å². The van der Waals surface area contributed by atoms with Gasteiger partial charge >= 0.3 is 0 Å². The van der Waals surface area contributed by atoms with Crippen molar-refractivity contribution in [2.24, 2.45) is 4.99 Å². The summed E-state index contributed by atoms with van der Waals surface area (Å²) in [5, 5.41) is 3.83. The lowest BCUT2D eigenvalue weighted by Crippen LogP contribution is -2.42. The molecule has 2 fully saturated rings. The van der Waals surface area contributed by atoms with Gasteiger partial charge in [0.1, 0.15) is 5.58 Å². The first-order chi connectivity index (χ1) is 10.5. The lowest BCUT2D eigenvalue weighted by Gasteiger charge is -2.40. The van der Waals surface area contributed by atoms with Crippen LogP contribution in [0.5, 0.6) is 0 Å². The number of hydrogen-bond donors (Lipinski definition) is 1. The zero-order valence-corrected chi connectivity index (χ0v) is 16.2. The molecule has 0 saturated heterocycles. The molecule has 2 saturated carbocycles. The quantitative estimate of drug-likeness (QED) is 0.389. The molecule has 0 aromatic carbocycles. The van der Waals surface area contributed by atoms with Crippen molar-refractivity contribution in [3.05, 3.63) is 0 Å². The van der Waals surface area contributed by atoms with E-state index in [0.29, 0.717) is 0 Å². The van der Waals surface area contributed by atoms with Crippen molar-refractivity contribution in [2.45, 2.75) is 109 Å². The molecular formula is C19H37N2P. The molecule has 0 aromatic rings. The van der Waals surface area contributed by atoms with Crippen molar-refractivity contribution in [1.82, 2.24) is 5.32 Å². The van der Waals surface area contributed by atoms with E-state index in [1.807, 2.05) is 0 Å². The maximum Gasteiger partial charge on any atom is 0.120 e. The van der Waals surface area contributed by atoms with Crippen LogP contribution < -0.4 is 5.32 Å². The predicted molar refractivity (Wildman–Crippen MR) is 102 cm³/mol. The van der Waals surface area contributed by atoms with Crippen LogP contribution in [0.1, 0.15) is 91.9 Å². The third kappa shape index (κ3) is 5.52. The summed E-state index contributed by atoms with van der Waals surface area (Å²) in [5.41, 5.74) is 3.42. The van der Waals surface area contributed by atoms with Crippen LogP contribution in [0.4, 0.5) is 0 Å². The Morgan fingerprint density at radius 2 is 1.36 bits per heavy atom. The van der Waals surface area contributed by atoms with Gasteiger partial charge in [0.05, 0.1) is 0 Å². The van der Waals surface area contributed by atoms with Crippen molar-refractivity contribution in [3.63, 3.8) is 0 Å². The molecular weight excluding hydrogens is 287 g/mol. The smallest absolute Gasteiger partial charge is 0.120 e. The Bertz CT molecular complexity index is 329. The van der Waals surface area contributed by atoms with Crippen LogP contribution in [0, 0.1) is 0 Å². The first-order valence-electron chi connectivity index (χ1n) is 9.62. The highest BCUT2D eigenvalue weighted by Gasteiger charge is 2.35. The van der Waals surface area contributed by atoms with Crippen LogP contribution in [0.15, 0.2) is 4.99 Å². The summed E-state index contributed by atoms with van der Waals surface area (Å²) >= 11 is 0. The predicted octanol–water partition coefficient (Wildman–Crippen LogP) is 5.90. The Hall–Kier alpha value is -0.100. The molecule has 0 heterocycles. The molecule has 3 heteroatoms. The molecule has 0 aromatic heterocycles. The number of nitrogens with one attached hydrogen (secondary N) is 1. The van der Waals surface area contributed by atoms with E-state index < -0.39 is 0 Å². The summed E-state index contributed by atoms with van der Waals surface area (Å²) < 4.78 is 0. The highest BCUT2D eigenvalue weighted by Crippen LogP contribution is 2.56. The maximum atomic E-state index is 4.99. The van der Waals surface area contributed by atoms with Gasteiger partial charge in [-0.05, 0) is 72.6 Å². The Morgan fingerprint density at radius 3 is 1.73 bits per heavy atom. The molecule has 22 heavy (non-hydrogen) atoms. The van der Waals surface area contributed by atoms with Gasteiger partial charge in [-0.3, -0.25) is 4.99 Å². The molecule has 2 rings (SSSR count). The first-order valence-corrected chi connectivity index (χ1v) is 11.1. The minimum atomic E-state index is -0.0918. The Balaban J connectivity index is 2.20. The molecule has 2 aliphatic carbocycles. The zero-order chi connectivity index (χ0) is 16.0. The zero-order valence-electron chi connectivity index (χ0n) is 15.3. The number of nitrogens with zero attached hydrogens (tertiary/aromatic N) is 1. The fourth-order valence-corrected chi connectivity index (χ4v) is 7.93. The van der Waals surface area contributed by atoms with E-state index >= 15 is 0 Å². The van der Waals surface area contributed by atoms with Gasteiger partial charge in [0.2, 0.25) is 0 Å². The molecule has 2 aliphatic rings. The van der Waals surface area contributed by atoms with Crippen LogP contribution in [0.2, 0.25) is 0 Å². The Kier molecular flexibility index (Phi) is 7.19. The lowest BCUT2D eigenvalue weighted by atomic mass is 9.99. The van der Waals surface area contributed by atoms with E-state index in [4.69, 9.17) is 4.99 Å². The largest absolute Gasteiger partial charge is 0.366 e. The van der Waals surface area contributed by atoms with Crippen LogP contribution in [-0.2, 0) is 0 Å². The van der Waals surface area contributed by atoms with Crippen LogP contribution >= 0.6 is 7.92 Å². The number of rotatable bonds is 4. The van der Waals surface area contributed by atoms with Gasteiger partial charge in [-0.15, -0.1) is 0 Å². The van der Waals surface area contributed by atoms with Gasteiger partial charge in [0.25, 0.3) is 0 Å². The third-order valence-electron chi connectivity index (χ3n) is 4.98. The average molecular weight is 324 g/mol. The molecule has 1 N–H and O–H groups in total. The number of aliphatic imine (C=N–C) groups is 1. The van der Waals surface area contributed by atoms with Crippen molar-refractivity contribution in [2.75, 3.05) is 6.54 Å². The van der Waals surface area contributed by atoms with E-state index in [1.54, 1.807) is 0 Å². The highest BCUT2D eigenvalue weighted by molar-refractivity contribution is 7.76. The maximum absolute atomic E-state index is 4.99. The number of hydrogen-bond acceptors (Lipinski definition) is 1. The second kappa shape index (κ2) is 8.67. The van der Waals surface area contributed by atoms with E-state index in [0.717, 1.165) is 17.9 Å². The van der Waals surface area contributed by atoms with Crippen molar-refractivity contribution in [1.29, 1.82) is 0 Å². The second-order valence-electron chi connectivity index (χ2n) is 8.16. The summed E-state index contributed by atoms with van der Waals surface area (Å²) in [4.78, 5) is 4.99. The Morgan fingerprint density at radius 1 is 0.909 bits per heavy atom. The minimum Gasteiger partial charge on any atom is -0.366 e. The van der Waals surface area contributed by atoms with Crippen molar-refractivity contribution >= 4 is 13.5 Å². The normalized spacial score (nSPS) is 23.0. The topological polar surface area (TPSA) is 24.4 Å². The second-order valence-corrected chi connectivity index (χ2v) is 10.9. The SMILES string of the molecule is CCN=C(NC(C)(C)C)P(C1CCCCC1)C1CCCCC1. The van der Waals surface area contributed by atoms with Gasteiger partial charge in [0, 0.05) is 12.1 Å². The van der Waals surface area contributed by atoms with E-state index in [2.05, 4.69) is 33.0 Å². The van der Waals surface area contributed by atoms with Crippen LogP contribution in [0.3, 0.4) is 0 Å². The van der Waals surface area contributed by atoms with Crippen molar-refractivity contribution < 1.29 is 0 Å². The third-order valence-corrected chi connectivity index (χ3v) is 8.32. The van der Waals surface area contributed by atoms with Gasteiger partial charge in [-0.1, -0.05) is 38.5 Å². The van der Waals surface area contributed by atoms with Crippen LogP contribution in [-0.4, -0.2) is 29.0 Å². The number of amidine groups is 1. The summed E-state index contributed by atoms with van der Waals surface area (Å²) in [6.45, 7) is 9.98. The van der Waals surface area contributed by atoms with Gasteiger partial charge in [0.15, 0.2) is 0 Å². The summed E-state index contributed by atoms with van der Waals surface area (Å²) in [6.07, 6.45) is 14.5. The van der Waals surface area contributed by atoms with E-state index in [1.165, 1.54) is 69.8 Å². The fourth-order valence-electron chi connectivity index (χ4n) is 4.03. The molecule has 2 nitrogen and oxygen atoms in total. The van der Waals surface area contributed by atoms with Crippen molar-refractivity contribution in [3.8, 4) is 0 Å². The molecule has 0 amide bonds. The molecule has 0 spiro atoms. The Labute approximate surface area is 139 Å². The molecule has 0 aliphatic heterocycles. The van der Waals surface area contributed by atoms with Crippen LogP contribution in [0.25, 0.3) is 0 Å². The minimum absolute atomic E-state index is 0.0918. The highest BCUT2D eigenvalue weighted by atomic mass is 31.1. The lowest BCUT2D eigenvalue weighted by molar-refractivity contribution is 0.483. The fraction of sp³-hybridized carbons (Fsp3) is 0.947. The van der Waals surface area contributed by atoms with Gasteiger partial charge in [-0.2, -0.15) is 0 Å². The standard InChI is InChI=1S/C19H37N2P/c1-5-20-18(21-19(2,3)4)22(16-12-8-6-9-13-16)17-14-10-7-11-15-17/h16-17H,5-15H2,1-4H3,(H,20,21). The van der Waals surface area contributed by atoms with Gasteiger partial charge < -0.3 is 5.32 Å². The summed E-state index contributed by atoms with van der Waals surface area (Å²) in [7, 11) is -0.0918. The average Bonchev–Trinajstić information content (AvgIpc) is 2.48. The molecule has 0 bridgehead atoms. The summed E-state index contributed by atoms with van der Waals surface area (Å²) in [5.74, 6) is 0. The first kappa shape index (κ1) is 18.2. The van der Waals surface area contributed by atoms with E-state index in [9.17, 15) is 0 Å². The molecule has 0 radical (unpaired) electrons. The monoisotopic (exact) mass is 324 g/mol. The summed E-state index contributed by atoms with van der Waals surface area (Å²) in [6, 6.07) is 0. The molecule has 0 unspecified atom stereocenters. The van der Waals surface area contributed by atoms with E-state index in [-0.39, 0.29) is 13.5 Å².